The Balaban J connectivity index is 1.86. The van der Waals surface area contributed by atoms with Crippen molar-refractivity contribution in [3.8, 4) is 34.1 Å². The zero-order valence-electron chi connectivity index (χ0n) is 21.3. The molecule has 0 unspecified atom stereocenters. The maximum absolute atomic E-state index is 15.0. The van der Waals surface area contributed by atoms with Crippen molar-refractivity contribution >= 4 is 11.4 Å². The van der Waals surface area contributed by atoms with Gasteiger partial charge in [-0.2, -0.15) is 17.6 Å². The van der Waals surface area contributed by atoms with Crippen LogP contribution in [0, 0.1) is 74.2 Å². The van der Waals surface area contributed by atoms with Gasteiger partial charge in [0.1, 0.15) is 11.5 Å². The smallest absolute Gasteiger partial charge is 0.205 e. The van der Waals surface area contributed by atoms with Gasteiger partial charge in [-0.05, 0) is 74.2 Å². The second-order valence-corrected chi connectivity index (χ2v) is 9.07. The van der Waals surface area contributed by atoms with Crippen LogP contribution in [0.5, 0.6) is 23.0 Å². The molecule has 0 radical (unpaired) electrons. The normalized spacial score (nSPS) is 11.2. The van der Waals surface area contributed by atoms with Crippen molar-refractivity contribution in [1.29, 1.82) is 0 Å². The predicted molar refractivity (Wildman–Crippen MR) is 132 cm³/mol. The van der Waals surface area contributed by atoms with Gasteiger partial charge in [0.15, 0.2) is 23.3 Å². The first-order chi connectivity index (χ1) is 18.6. The van der Waals surface area contributed by atoms with E-state index in [1.807, 2.05) is 0 Å². The van der Waals surface area contributed by atoms with Crippen LogP contribution in [0.3, 0.4) is 0 Å². The molecule has 4 nitrogen and oxygen atoms in total. The van der Waals surface area contributed by atoms with Crippen molar-refractivity contribution in [2.75, 3.05) is 11.5 Å². The fraction of sp³-hybridized carbons (Fsp3) is 0.143. The molecule has 0 saturated heterocycles. The summed E-state index contributed by atoms with van der Waals surface area (Å²) in [5.74, 6) is -22.1. The van der Waals surface area contributed by atoms with Crippen LogP contribution in [0.15, 0.2) is 24.3 Å². The van der Waals surface area contributed by atoms with Gasteiger partial charge in [-0.25, -0.2) is 17.6 Å². The molecule has 4 N–H and O–H groups in total. The number of benzene rings is 4. The predicted octanol–water partition coefficient (Wildman–Crippen LogP) is 8.45. The molecule has 0 atom stereocenters. The van der Waals surface area contributed by atoms with Gasteiger partial charge in [-0.3, -0.25) is 0 Å². The minimum atomic E-state index is -2.37. The summed E-state index contributed by atoms with van der Waals surface area (Å²) in [7, 11) is 0. The Kier molecular flexibility index (Phi) is 7.31. The van der Waals surface area contributed by atoms with Crippen LogP contribution in [-0.2, 0) is 0 Å². The van der Waals surface area contributed by atoms with Crippen LogP contribution in [0.1, 0.15) is 22.3 Å². The molecule has 0 aliphatic heterocycles. The molecule has 0 fully saturated rings. The fourth-order valence-electron chi connectivity index (χ4n) is 4.06. The monoisotopic (exact) mass is 568 g/mol. The summed E-state index contributed by atoms with van der Waals surface area (Å²) < 4.78 is 130. The van der Waals surface area contributed by atoms with Crippen LogP contribution in [0.2, 0.25) is 0 Å². The Hall–Kier alpha value is -4.48. The lowest BCUT2D eigenvalue weighted by atomic mass is 10.0. The summed E-state index contributed by atoms with van der Waals surface area (Å²) in [6.45, 7) is 6.13. The van der Waals surface area contributed by atoms with E-state index < -0.39 is 69.2 Å². The van der Waals surface area contributed by atoms with E-state index in [0.29, 0.717) is 33.6 Å². The number of aryl methyl sites for hydroxylation is 4. The van der Waals surface area contributed by atoms with Gasteiger partial charge < -0.3 is 20.9 Å². The van der Waals surface area contributed by atoms with Gasteiger partial charge in [-0.15, -0.1) is 0 Å². The highest BCUT2D eigenvalue weighted by atomic mass is 19.2. The molecule has 0 aromatic heterocycles. The Morgan fingerprint density at radius 1 is 0.425 bits per heavy atom. The van der Waals surface area contributed by atoms with Gasteiger partial charge in [-0.1, -0.05) is 0 Å². The minimum absolute atomic E-state index is 0.266. The van der Waals surface area contributed by atoms with Crippen molar-refractivity contribution in [3.63, 3.8) is 0 Å². The van der Waals surface area contributed by atoms with Crippen LogP contribution >= 0.6 is 0 Å². The molecule has 0 heterocycles. The highest BCUT2D eigenvalue weighted by molar-refractivity contribution is 5.70. The summed E-state index contributed by atoms with van der Waals surface area (Å²) in [5.41, 5.74) is 9.81. The Bertz CT molecular complexity index is 1480. The molecule has 4 aromatic carbocycles. The van der Waals surface area contributed by atoms with E-state index in [0.717, 1.165) is 0 Å². The molecule has 0 amide bonds. The average Bonchev–Trinajstić information content (AvgIpc) is 2.90. The SMILES string of the molecule is Cc1cc(Oc2c(F)c(F)c(-c3c(F)c(F)c(Oc4cc(C)c(N)c(C)c4)c(F)c3F)c(F)c2F)cc(C)c1N. The van der Waals surface area contributed by atoms with Crippen molar-refractivity contribution < 1.29 is 44.6 Å². The summed E-state index contributed by atoms with van der Waals surface area (Å²) in [5, 5.41) is 0. The second-order valence-electron chi connectivity index (χ2n) is 9.07. The molecule has 40 heavy (non-hydrogen) atoms. The fourth-order valence-corrected chi connectivity index (χ4v) is 4.06. The van der Waals surface area contributed by atoms with Gasteiger partial charge in [0, 0.05) is 11.4 Å². The van der Waals surface area contributed by atoms with Crippen LogP contribution in [-0.4, -0.2) is 0 Å². The minimum Gasteiger partial charge on any atom is -0.451 e. The Morgan fingerprint density at radius 3 is 0.875 bits per heavy atom. The lowest BCUT2D eigenvalue weighted by Gasteiger charge is -2.17. The summed E-state index contributed by atoms with van der Waals surface area (Å²) in [6, 6.07) is 4.88. The van der Waals surface area contributed by atoms with E-state index >= 15 is 17.6 Å². The molecule has 0 bridgehead atoms. The molecular weight excluding hydrogens is 548 g/mol. The van der Waals surface area contributed by atoms with Crippen molar-refractivity contribution in [3.05, 3.63) is 93.1 Å². The Morgan fingerprint density at radius 2 is 0.650 bits per heavy atom. The third-order valence-electron chi connectivity index (χ3n) is 6.27. The van der Waals surface area contributed by atoms with Crippen LogP contribution in [0.25, 0.3) is 11.1 Å². The topological polar surface area (TPSA) is 70.5 Å². The maximum atomic E-state index is 15.0. The number of hydrogen-bond donors (Lipinski definition) is 2. The number of nitrogen functional groups attached to an aromatic ring is 2. The summed E-state index contributed by atoms with van der Waals surface area (Å²) >= 11 is 0. The molecule has 210 valence electrons. The third-order valence-corrected chi connectivity index (χ3v) is 6.27. The first kappa shape index (κ1) is 28.5. The second kappa shape index (κ2) is 10.2. The lowest BCUT2D eigenvalue weighted by molar-refractivity contribution is 0.360. The standard InChI is InChI=1S/C28H20F8N2O2/c1-9-5-13(6-10(2)25(9)37)39-27-21(33)17(29)15(18(30)22(27)34)16-19(31)23(35)28(24(36)20(16)32)40-14-7-11(3)26(38)12(4)8-14/h5-8H,37-38H2,1-4H3. The summed E-state index contributed by atoms with van der Waals surface area (Å²) in [6.07, 6.45) is 0. The highest BCUT2D eigenvalue weighted by Crippen LogP contribution is 2.43. The number of hydrogen-bond acceptors (Lipinski definition) is 4. The van der Waals surface area contributed by atoms with E-state index in [1.54, 1.807) is 0 Å². The zero-order chi connectivity index (χ0) is 29.8. The zero-order valence-corrected chi connectivity index (χ0v) is 21.3. The number of rotatable bonds is 5. The van der Waals surface area contributed by atoms with E-state index in [2.05, 4.69) is 0 Å². The largest absolute Gasteiger partial charge is 0.451 e. The number of anilines is 2. The third kappa shape index (κ3) is 4.63. The van der Waals surface area contributed by atoms with E-state index in [9.17, 15) is 17.6 Å². The highest BCUT2D eigenvalue weighted by Gasteiger charge is 2.35. The Labute approximate surface area is 222 Å². The van der Waals surface area contributed by atoms with Crippen molar-refractivity contribution in [1.82, 2.24) is 0 Å². The molecule has 12 heteroatoms. The summed E-state index contributed by atoms with van der Waals surface area (Å²) in [4.78, 5) is 0. The molecule has 0 spiro atoms. The number of halogens is 8. The van der Waals surface area contributed by atoms with Crippen LogP contribution in [0.4, 0.5) is 46.5 Å². The molecule has 0 aliphatic rings. The number of ether oxygens (including phenoxy) is 2. The molecular formula is C28H20F8N2O2. The van der Waals surface area contributed by atoms with Gasteiger partial charge >= 0.3 is 0 Å². The quantitative estimate of drug-likeness (QED) is 0.144. The van der Waals surface area contributed by atoms with E-state index in [4.69, 9.17) is 20.9 Å². The van der Waals surface area contributed by atoms with Gasteiger partial charge in [0.25, 0.3) is 0 Å². The van der Waals surface area contributed by atoms with Gasteiger partial charge in [0.2, 0.25) is 34.8 Å². The van der Waals surface area contributed by atoms with E-state index in [-0.39, 0.29) is 11.5 Å². The van der Waals surface area contributed by atoms with Crippen molar-refractivity contribution in [2.45, 2.75) is 27.7 Å². The van der Waals surface area contributed by atoms with Gasteiger partial charge in [0.05, 0.1) is 11.1 Å². The average molecular weight is 568 g/mol. The molecule has 0 aliphatic carbocycles. The molecule has 4 rings (SSSR count). The lowest BCUT2D eigenvalue weighted by Crippen LogP contribution is -2.09. The first-order valence-corrected chi connectivity index (χ1v) is 11.5. The van der Waals surface area contributed by atoms with E-state index in [1.165, 1.54) is 52.0 Å². The van der Waals surface area contributed by atoms with Crippen LogP contribution < -0.4 is 20.9 Å². The number of nitrogens with two attached hydrogens (primary N) is 2. The molecule has 0 saturated carbocycles. The first-order valence-electron chi connectivity index (χ1n) is 11.5. The molecule has 4 aromatic rings. The maximum Gasteiger partial charge on any atom is 0.205 e. The van der Waals surface area contributed by atoms with Crippen molar-refractivity contribution in [2.24, 2.45) is 0 Å².